The van der Waals surface area contributed by atoms with Crippen molar-refractivity contribution < 1.29 is 12.9 Å². The Balaban J connectivity index is 2.08. The van der Waals surface area contributed by atoms with Crippen LogP contribution < -0.4 is 0 Å². The Bertz CT molecular complexity index is 807. The molecular weight excluding hydrogens is 324 g/mol. The Morgan fingerprint density at radius 1 is 1.17 bits per heavy atom. The summed E-state index contributed by atoms with van der Waals surface area (Å²) in [4.78, 5) is 0.224. The van der Waals surface area contributed by atoms with E-state index < -0.39 is 10.0 Å². The summed E-state index contributed by atoms with van der Waals surface area (Å²) in [5, 5.41) is 3.83. The topological polar surface area (TPSA) is 63.4 Å². The Morgan fingerprint density at radius 2 is 1.96 bits per heavy atom. The van der Waals surface area contributed by atoms with Crippen molar-refractivity contribution in [3.8, 4) is 0 Å². The van der Waals surface area contributed by atoms with Crippen molar-refractivity contribution >= 4 is 10.0 Å². The molecule has 0 amide bonds. The van der Waals surface area contributed by atoms with Crippen LogP contribution in [0.25, 0.3) is 0 Å². The van der Waals surface area contributed by atoms with E-state index >= 15 is 0 Å². The zero-order valence-electron chi connectivity index (χ0n) is 14.4. The first-order chi connectivity index (χ1) is 11.4. The first-order valence-electron chi connectivity index (χ1n) is 8.42. The summed E-state index contributed by atoms with van der Waals surface area (Å²) in [6.07, 6.45) is 3.80. The van der Waals surface area contributed by atoms with Crippen molar-refractivity contribution in [1.82, 2.24) is 9.46 Å². The number of benzene rings is 1. The lowest BCUT2D eigenvalue weighted by atomic mass is 10.0. The first-order valence-corrected chi connectivity index (χ1v) is 9.86. The summed E-state index contributed by atoms with van der Waals surface area (Å²) in [5.74, 6) is 0.361. The van der Waals surface area contributed by atoms with Gasteiger partial charge >= 0.3 is 0 Å². The van der Waals surface area contributed by atoms with Crippen molar-refractivity contribution in [2.24, 2.45) is 0 Å². The molecule has 1 atom stereocenters. The maximum atomic E-state index is 13.3. The standard InChI is InChI=1S/C18H24N2O3S/c1-13-8-7-9-16(12-13)17-10-5-4-6-11-20(17)24(21,22)18-14(2)19-23-15(18)3/h7-9,12,17H,4-6,10-11H2,1-3H3. The van der Waals surface area contributed by atoms with E-state index in [1.807, 2.05) is 25.1 Å². The van der Waals surface area contributed by atoms with Crippen LogP contribution in [0, 0.1) is 20.8 Å². The van der Waals surface area contributed by atoms with Gasteiger partial charge in [0.15, 0.2) is 5.76 Å². The van der Waals surface area contributed by atoms with Gasteiger partial charge in [0.2, 0.25) is 10.0 Å². The van der Waals surface area contributed by atoms with E-state index in [2.05, 4.69) is 11.2 Å². The average Bonchev–Trinajstić information content (AvgIpc) is 2.75. The number of sulfonamides is 1. The highest BCUT2D eigenvalue weighted by Crippen LogP contribution is 2.36. The summed E-state index contributed by atoms with van der Waals surface area (Å²) in [6.45, 7) is 5.91. The molecular formula is C18H24N2O3S. The molecule has 1 aromatic heterocycles. The van der Waals surface area contributed by atoms with Gasteiger partial charge in [0.1, 0.15) is 10.6 Å². The first kappa shape index (κ1) is 17.2. The molecule has 1 unspecified atom stereocenters. The van der Waals surface area contributed by atoms with Gasteiger partial charge in [-0.25, -0.2) is 8.42 Å². The van der Waals surface area contributed by atoms with Gasteiger partial charge in [-0.1, -0.05) is 47.8 Å². The minimum Gasteiger partial charge on any atom is -0.360 e. The van der Waals surface area contributed by atoms with Gasteiger partial charge in [0.05, 0.1) is 6.04 Å². The van der Waals surface area contributed by atoms with Crippen LogP contribution in [0.15, 0.2) is 33.7 Å². The van der Waals surface area contributed by atoms with Crippen molar-refractivity contribution in [2.45, 2.75) is 57.4 Å². The van der Waals surface area contributed by atoms with E-state index in [0.29, 0.717) is 18.0 Å². The predicted molar refractivity (Wildman–Crippen MR) is 92.3 cm³/mol. The Kier molecular flexibility index (Phi) is 4.78. The highest BCUT2D eigenvalue weighted by molar-refractivity contribution is 7.89. The third kappa shape index (κ3) is 3.13. The second kappa shape index (κ2) is 6.69. The molecule has 1 aliphatic heterocycles. The van der Waals surface area contributed by atoms with E-state index in [1.165, 1.54) is 0 Å². The Morgan fingerprint density at radius 3 is 2.62 bits per heavy atom. The molecule has 0 radical (unpaired) electrons. The maximum Gasteiger partial charge on any atom is 0.249 e. The van der Waals surface area contributed by atoms with E-state index in [0.717, 1.165) is 36.8 Å². The predicted octanol–water partition coefficient (Wildman–Crippen LogP) is 3.91. The third-order valence-corrected chi connectivity index (χ3v) is 6.82. The zero-order chi connectivity index (χ0) is 17.3. The Hall–Kier alpha value is -1.66. The molecule has 6 heteroatoms. The number of hydrogen-bond acceptors (Lipinski definition) is 4. The van der Waals surface area contributed by atoms with E-state index in [4.69, 9.17) is 4.52 Å². The van der Waals surface area contributed by atoms with Crippen LogP contribution in [0.4, 0.5) is 0 Å². The fraction of sp³-hybridized carbons (Fsp3) is 0.500. The largest absolute Gasteiger partial charge is 0.360 e. The molecule has 0 N–H and O–H groups in total. The molecule has 3 rings (SSSR count). The molecule has 1 aliphatic rings. The monoisotopic (exact) mass is 348 g/mol. The third-order valence-electron chi connectivity index (χ3n) is 4.67. The lowest BCUT2D eigenvalue weighted by Gasteiger charge is -2.29. The van der Waals surface area contributed by atoms with Gasteiger partial charge in [-0.15, -0.1) is 0 Å². The maximum absolute atomic E-state index is 13.3. The number of aromatic nitrogens is 1. The van der Waals surface area contributed by atoms with Gasteiger partial charge < -0.3 is 4.52 Å². The number of nitrogens with zero attached hydrogens (tertiary/aromatic N) is 2. The highest BCUT2D eigenvalue weighted by atomic mass is 32.2. The Labute approximate surface area is 143 Å². The lowest BCUT2D eigenvalue weighted by Crippen LogP contribution is -2.35. The second-order valence-electron chi connectivity index (χ2n) is 6.55. The van der Waals surface area contributed by atoms with Gasteiger partial charge in [-0.2, -0.15) is 4.31 Å². The van der Waals surface area contributed by atoms with Gasteiger partial charge in [0, 0.05) is 6.54 Å². The van der Waals surface area contributed by atoms with Crippen LogP contribution in [0.3, 0.4) is 0 Å². The van der Waals surface area contributed by atoms with Crippen LogP contribution in [0.2, 0.25) is 0 Å². The van der Waals surface area contributed by atoms with E-state index in [1.54, 1.807) is 18.2 Å². The SMILES string of the molecule is Cc1cccc(C2CCCCCN2S(=O)(=O)c2c(C)noc2C)c1. The summed E-state index contributed by atoms with van der Waals surface area (Å²) in [5.41, 5.74) is 2.64. The average molecular weight is 348 g/mol. The number of aryl methyl sites for hydroxylation is 3. The summed E-state index contributed by atoms with van der Waals surface area (Å²) >= 11 is 0. The summed E-state index contributed by atoms with van der Waals surface area (Å²) in [7, 11) is -3.64. The van der Waals surface area contributed by atoms with Crippen molar-refractivity contribution in [1.29, 1.82) is 0 Å². The zero-order valence-corrected chi connectivity index (χ0v) is 15.3. The fourth-order valence-electron chi connectivity index (χ4n) is 3.54. The highest BCUT2D eigenvalue weighted by Gasteiger charge is 2.36. The molecule has 24 heavy (non-hydrogen) atoms. The lowest BCUT2D eigenvalue weighted by molar-refractivity contribution is 0.327. The van der Waals surface area contributed by atoms with Crippen LogP contribution in [-0.2, 0) is 10.0 Å². The van der Waals surface area contributed by atoms with Crippen LogP contribution >= 0.6 is 0 Å². The number of hydrogen-bond donors (Lipinski definition) is 0. The minimum absolute atomic E-state index is 0.133. The van der Waals surface area contributed by atoms with Crippen molar-refractivity contribution in [2.75, 3.05) is 6.54 Å². The van der Waals surface area contributed by atoms with Crippen molar-refractivity contribution in [3.05, 3.63) is 46.8 Å². The van der Waals surface area contributed by atoms with Crippen LogP contribution in [0.5, 0.6) is 0 Å². The van der Waals surface area contributed by atoms with E-state index in [9.17, 15) is 8.42 Å². The molecule has 2 aromatic rings. The summed E-state index contributed by atoms with van der Waals surface area (Å²) in [6, 6.07) is 8.01. The smallest absolute Gasteiger partial charge is 0.249 e. The molecule has 5 nitrogen and oxygen atoms in total. The molecule has 0 spiro atoms. The normalized spacial score (nSPS) is 20.0. The fourth-order valence-corrected chi connectivity index (χ4v) is 5.52. The molecule has 0 bridgehead atoms. The second-order valence-corrected chi connectivity index (χ2v) is 8.38. The quantitative estimate of drug-likeness (QED) is 0.844. The molecule has 1 saturated heterocycles. The number of rotatable bonds is 3. The minimum atomic E-state index is -3.64. The molecule has 1 aromatic carbocycles. The van der Waals surface area contributed by atoms with Crippen LogP contribution in [0.1, 0.15) is 54.3 Å². The van der Waals surface area contributed by atoms with Crippen LogP contribution in [-0.4, -0.2) is 24.4 Å². The molecule has 0 aliphatic carbocycles. The molecule has 2 heterocycles. The van der Waals surface area contributed by atoms with Crippen molar-refractivity contribution in [3.63, 3.8) is 0 Å². The molecule has 1 fully saturated rings. The van der Waals surface area contributed by atoms with Gasteiger partial charge in [-0.3, -0.25) is 0 Å². The molecule has 0 saturated carbocycles. The molecule has 130 valence electrons. The van der Waals surface area contributed by atoms with Gasteiger partial charge in [-0.05, 0) is 39.2 Å². The van der Waals surface area contributed by atoms with Gasteiger partial charge in [0.25, 0.3) is 0 Å². The summed E-state index contributed by atoms with van der Waals surface area (Å²) < 4.78 is 33.4. The van der Waals surface area contributed by atoms with E-state index in [-0.39, 0.29) is 10.9 Å².